The van der Waals surface area contributed by atoms with Gasteiger partial charge in [0.25, 0.3) is 0 Å². The first kappa shape index (κ1) is 13.5. The lowest BCUT2D eigenvalue weighted by molar-refractivity contribution is -0.133. The van der Waals surface area contributed by atoms with Gasteiger partial charge in [-0.25, -0.2) is 0 Å². The van der Waals surface area contributed by atoms with Crippen LogP contribution in [0.5, 0.6) is 0 Å². The minimum atomic E-state index is -0.276. The van der Waals surface area contributed by atoms with Crippen LogP contribution >= 0.6 is 0 Å². The molecular formula is C13H26N2O. The summed E-state index contributed by atoms with van der Waals surface area (Å²) < 4.78 is 0. The topological polar surface area (TPSA) is 55.1 Å². The first-order chi connectivity index (χ1) is 7.52. The highest BCUT2D eigenvalue weighted by molar-refractivity contribution is 5.83. The molecule has 0 saturated heterocycles. The average Bonchev–Trinajstić information content (AvgIpc) is 2.29. The first-order valence-corrected chi connectivity index (χ1v) is 6.53. The third-order valence-corrected chi connectivity index (χ3v) is 4.04. The van der Waals surface area contributed by atoms with Crippen LogP contribution in [0.25, 0.3) is 0 Å². The third kappa shape index (κ3) is 2.97. The standard InChI is InChI=1S/C13H26N2O/c1-10(2)11(3)15-12(16)13(9-14)7-5-4-6-8-13/h10-11H,4-9,14H2,1-3H3,(H,15,16). The van der Waals surface area contributed by atoms with E-state index in [1.54, 1.807) is 0 Å². The van der Waals surface area contributed by atoms with Gasteiger partial charge in [0.2, 0.25) is 5.91 Å². The van der Waals surface area contributed by atoms with Crippen LogP contribution in [0.1, 0.15) is 52.9 Å². The van der Waals surface area contributed by atoms with Crippen molar-refractivity contribution in [3.05, 3.63) is 0 Å². The number of carbonyl (C=O) groups excluding carboxylic acids is 1. The van der Waals surface area contributed by atoms with Crippen LogP contribution in [-0.4, -0.2) is 18.5 Å². The van der Waals surface area contributed by atoms with Gasteiger partial charge < -0.3 is 11.1 Å². The Bertz CT molecular complexity index is 232. The van der Waals surface area contributed by atoms with Crippen LogP contribution in [-0.2, 0) is 4.79 Å². The molecule has 0 bridgehead atoms. The Morgan fingerprint density at radius 1 is 1.25 bits per heavy atom. The Kier molecular flexibility index (Phi) is 4.78. The number of nitrogens with two attached hydrogens (primary N) is 1. The van der Waals surface area contributed by atoms with Crippen LogP contribution < -0.4 is 11.1 Å². The molecule has 1 aliphatic rings. The van der Waals surface area contributed by atoms with Gasteiger partial charge in [-0.1, -0.05) is 33.1 Å². The Hall–Kier alpha value is -0.570. The summed E-state index contributed by atoms with van der Waals surface area (Å²) in [6.45, 7) is 6.81. The zero-order chi connectivity index (χ0) is 12.2. The fourth-order valence-corrected chi connectivity index (χ4v) is 2.28. The van der Waals surface area contributed by atoms with Gasteiger partial charge in [0.05, 0.1) is 5.41 Å². The van der Waals surface area contributed by atoms with Crippen molar-refractivity contribution in [3.63, 3.8) is 0 Å². The average molecular weight is 226 g/mol. The molecular weight excluding hydrogens is 200 g/mol. The van der Waals surface area contributed by atoms with Crippen molar-refractivity contribution in [2.24, 2.45) is 17.1 Å². The van der Waals surface area contributed by atoms with Crippen molar-refractivity contribution in [1.29, 1.82) is 0 Å². The quantitative estimate of drug-likeness (QED) is 0.771. The molecule has 3 nitrogen and oxygen atoms in total. The van der Waals surface area contributed by atoms with Crippen molar-refractivity contribution in [1.82, 2.24) is 5.32 Å². The van der Waals surface area contributed by atoms with E-state index in [9.17, 15) is 4.79 Å². The Balaban J connectivity index is 2.61. The lowest BCUT2D eigenvalue weighted by Gasteiger charge is -2.36. The van der Waals surface area contributed by atoms with E-state index >= 15 is 0 Å². The van der Waals surface area contributed by atoms with Crippen LogP contribution in [0.2, 0.25) is 0 Å². The zero-order valence-corrected chi connectivity index (χ0v) is 10.9. The molecule has 1 aliphatic carbocycles. The molecule has 0 aromatic carbocycles. The summed E-state index contributed by atoms with van der Waals surface area (Å²) in [6.07, 6.45) is 5.44. The summed E-state index contributed by atoms with van der Waals surface area (Å²) in [5.74, 6) is 0.651. The van der Waals surface area contributed by atoms with E-state index in [0.717, 1.165) is 25.7 Å². The lowest BCUT2D eigenvalue weighted by atomic mass is 9.73. The highest BCUT2D eigenvalue weighted by atomic mass is 16.2. The largest absolute Gasteiger partial charge is 0.353 e. The second kappa shape index (κ2) is 5.67. The van der Waals surface area contributed by atoms with Crippen molar-refractivity contribution in [2.45, 2.75) is 58.9 Å². The van der Waals surface area contributed by atoms with E-state index in [2.05, 4.69) is 26.1 Å². The normalized spacial score (nSPS) is 21.8. The molecule has 1 amide bonds. The second-order valence-electron chi connectivity index (χ2n) is 5.55. The maximum atomic E-state index is 12.3. The van der Waals surface area contributed by atoms with Gasteiger partial charge >= 0.3 is 0 Å². The number of amides is 1. The van der Waals surface area contributed by atoms with E-state index in [1.807, 2.05) is 0 Å². The Labute approximate surface area is 99.2 Å². The molecule has 94 valence electrons. The van der Waals surface area contributed by atoms with Gasteiger partial charge in [0, 0.05) is 12.6 Å². The lowest BCUT2D eigenvalue weighted by Crippen LogP contribution is -2.50. The highest BCUT2D eigenvalue weighted by Crippen LogP contribution is 2.35. The Morgan fingerprint density at radius 3 is 2.25 bits per heavy atom. The van der Waals surface area contributed by atoms with E-state index in [4.69, 9.17) is 5.73 Å². The summed E-state index contributed by atoms with van der Waals surface area (Å²) in [5.41, 5.74) is 5.55. The maximum Gasteiger partial charge on any atom is 0.227 e. The number of hydrogen-bond donors (Lipinski definition) is 2. The molecule has 16 heavy (non-hydrogen) atoms. The molecule has 1 atom stereocenters. The molecule has 0 aromatic heterocycles. The predicted octanol–water partition coefficient (Wildman–Crippen LogP) is 2.06. The molecule has 1 rings (SSSR count). The van der Waals surface area contributed by atoms with Gasteiger partial charge in [-0.3, -0.25) is 4.79 Å². The maximum absolute atomic E-state index is 12.3. The molecule has 0 aliphatic heterocycles. The van der Waals surface area contributed by atoms with Gasteiger partial charge in [-0.2, -0.15) is 0 Å². The molecule has 1 unspecified atom stereocenters. The van der Waals surface area contributed by atoms with Gasteiger partial charge in [-0.05, 0) is 25.7 Å². The first-order valence-electron chi connectivity index (χ1n) is 6.53. The minimum absolute atomic E-state index is 0.177. The highest BCUT2D eigenvalue weighted by Gasteiger charge is 2.38. The minimum Gasteiger partial charge on any atom is -0.353 e. The molecule has 1 saturated carbocycles. The summed E-state index contributed by atoms with van der Waals surface area (Å²) in [6, 6.07) is 0.234. The molecule has 0 heterocycles. The number of rotatable bonds is 4. The third-order valence-electron chi connectivity index (χ3n) is 4.04. The van der Waals surface area contributed by atoms with E-state index in [1.165, 1.54) is 6.42 Å². The molecule has 0 spiro atoms. The molecule has 3 N–H and O–H groups in total. The van der Waals surface area contributed by atoms with Crippen LogP contribution in [0.15, 0.2) is 0 Å². The molecule has 0 radical (unpaired) electrons. The van der Waals surface area contributed by atoms with E-state index < -0.39 is 0 Å². The van der Waals surface area contributed by atoms with Crippen molar-refractivity contribution >= 4 is 5.91 Å². The second-order valence-corrected chi connectivity index (χ2v) is 5.55. The molecule has 3 heteroatoms. The summed E-state index contributed by atoms with van der Waals surface area (Å²) in [7, 11) is 0. The van der Waals surface area contributed by atoms with Gasteiger partial charge in [0.15, 0.2) is 0 Å². The van der Waals surface area contributed by atoms with Crippen molar-refractivity contribution in [2.75, 3.05) is 6.54 Å². The molecule has 0 aromatic rings. The number of carbonyl (C=O) groups is 1. The van der Waals surface area contributed by atoms with Gasteiger partial charge in [0.1, 0.15) is 0 Å². The van der Waals surface area contributed by atoms with Gasteiger partial charge in [-0.15, -0.1) is 0 Å². The van der Waals surface area contributed by atoms with Crippen LogP contribution in [0.4, 0.5) is 0 Å². The monoisotopic (exact) mass is 226 g/mol. The summed E-state index contributed by atoms with van der Waals surface area (Å²) >= 11 is 0. The summed E-state index contributed by atoms with van der Waals surface area (Å²) in [4.78, 5) is 12.3. The number of hydrogen-bond acceptors (Lipinski definition) is 2. The van der Waals surface area contributed by atoms with Crippen molar-refractivity contribution in [3.8, 4) is 0 Å². The molecule has 1 fully saturated rings. The predicted molar refractivity (Wildman–Crippen MR) is 67.0 cm³/mol. The van der Waals surface area contributed by atoms with E-state index in [0.29, 0.717) is 12.5 Å². The number of nitrogens with one attached hydrogen (secondary N) is 1. The zero-order valence-electron chi connectivity index (χ0n) is 10.9. The van der Waals surface area contributed by atoms with Crippen LogP contribution in [0.3, 0.4) is 0 Å². The summed E-state index contributed by atoms with van der Waals surface area (Å²) in [5, 5.41) is 3.12. The SMILES string of the molecule is CC(C)C(C)NC(=O)C1(CN)CCCCC1. The van der Waals surface area contributed by atoms with E-state index in [-0.39, 0.29) is 17.4 Å². The smallest absolute Gasteiger partial charge is 0.227 e. The fourth-order valence-electron chi connectivity index (χ4n) is 2.28. The Morgan fingerprint density at radius 2 is 1.81 bits per heavy atom. The fraction of sp³-hybridized carbons (Fsp3) is 0.923. The van der Waals surface area contributed by atoms with Crippen molar-refractivity contribution < 1.29 is 4.79 Å². The van der Waals surface area contributed by atoms with Crippen LogP contribution in [0, 0.1) is 11.3 Å².